The van der Waals surface area contributed by atoms with E-state index in [0.717, 1.165) is 25.1 Å². The molecule has 12 heteroatoms. The lowest BCUT2D eigenvalue weighted by atomic mass is 10.0. The summed E-state index contributed by atoms with van der Waals surface area (Å²) in [4.78, 5) is 11.1. The summed E-state index contributed by atoms with van der Waals surface area (Å²) in [5.41, 5.74) is 8.47. The molecular formula is C27H25F3N8O. The van der Waals surface area contributed by atoms with E-state index in [9.17, 15) is 18.4 Å². The van der Waals surface area contributed by atoms with Crippen LogP contribution in [0.2, 0.25) is 0 Å². The Bertz CT molecular complexity index is 1530. The first-order valence-electron chi connectivity index (χ1n) is 12.2. The molecule has 9 nitrogen and oxygen atoms in total. The van der Waals surface area contributed by atoms with Crippen LogP contribution in [0.3, 0.4) is 0 Å². The third kappa shape index (κ3) is 5.35. The zero-order valence-electron chi connectivity index (χ0n) is 21.0. The Labute approximate surface area is 222 Å². The number of hydrogen-bond acceptors (Lipinski definition) is 8. The van der Waals surface area contributed by atoms with Gasteiger partial charge in [-0.2, -0.15) is 19.1 Å². The van der Waals surface area contributed by atoms with Gasteiger partial charge in [0.25, 0.3) is 0 Å². The molecule has 0 saturated carbocycles. The second-order valence-corrected chi connectivity index (χ2v) is 9.07. The lowest BCUT2D eigenvalue weighted by Gasteiger charge is -2.34. The molecule has 0 unspecified atom stereocenters. The average Bonchev–Trinajstić information content (AvgIpc) is 3.43. The minimum Gasteiger partial charge on any atom is -0.496 e. The average molecular weight is 535 g/mol. The van der Waals surface area contributed by atoms with Gasteiger partial charge in [0.2, 0.25) is 0 Å². The first-order valence-corrected chi connectivity index (χ1v) is 12.2. The lowest BCUT2D eigenvalue weighted by molar-refractivity contribution is 0.0566. The van der Waals surface area contributed by atoms with Gasteiger partial charge in [0.1, 0.15) is 29.3 Å². The Morgan fingerprint density at radius 1 is 1.21 bits per heavy atom. The summed E-state index contributed by atoms with van der Waals surface area (Å²) >= 11 is 0. The van der Waals surface area contributed by atoms with Crippen LogP contribution >= 0.6 is 0 Å². The predicted molar refractivity (Wildman–Crippen MR) is 140 cm³/mol. The second-order valence-electron chi connectivity index (χ2n) is 9.07. The highest BCUT2D eigenvalue weighted by atomic mass is 19.3. The topological polar surface area (TPSA) is 118 Å². The highest BCUT2D eigenvalue weighted by Gasteiger charge is 2.23. The Hall–Kier alpha value is -4.63. The minimum atomic E-state index is -2.76. The molecule has 0 bridgehead atoms. The maximum Gasteiger partial charge on any atom is 0.333 e. The zero-order valence-corrected chi connectivity index (χ0v) is 21.0. The maximum absolute atomic E-state index is 14.8. The maximum atomic E-state index is 14.8. The number of methoxy groups -OCH3 is 1. The number of rotatable bonds is 7. The van der Waals surface area contributed by atoms with E-state index in [-0.39, 0.29) is 28.6 Å². The standard InChI is InChI=1S/C27H25F3N8O/c1-39-22-6-2-5-20(28)25(22)26-16(11-31)7-8-23(36-26)35-24-10-21(37-9-3-4-18(32)15-37)19(13-33-24)17-12-34-38(14-17)27(29)30/h2,5-8,10,12-14,18,27H,3-4,9,15,32H2,1H3,(H,33,35,36)/t18-/m0/s1. The number of nitrogens with two attached hydrogens (primary N) is 1. The number of anilines is 3. The number of ether oxygens (including phenoxy) is 1. The van der Waals surface area contributed by atoms with Gasteiger partial charge in [0, 0.05) is 54.4 Å². The zero-order chi connectivity index (χ0) is 27.5. The molecule has 3 N–H and O–H groups in total. The van der Waals surface area contributed by atoms with Gasteiger partial charge in [-0.05, 0) is 37.1 Å². The van der Waals surface area contributed by atoms with Crippen molar-refractivity contribution in [2.24, 2.45) is 5.73 Å². The monoisotopic (exact) mass is 534 g/mol. The van der Waals surface area contributed by atoms with Gasteiger partial charge in [0.15, 0.2) is 0 Å². The summed E-state index contributed by atoms with van der Waals surface area (Å²) in [6.07, 6.45) is 6.00. The highest BCUT2D eigenvalue weighted by molar-refractivity contribution is 5.80. The van der Waals surface area contributed by atoms with E-state index < -0.39 is 12.4 Å². The number of benzene rings is 1. The van der Waals surface area contributed by atoms with Crippen LogP contribution in [-0.4, -0.2) is 46.0 Å². The third-order valence-electron chi connectivity index (χ3n) is 6.50. The summed E-state index contributed by atoms with van der Waals surface area (Å²) < 4.78 is 47.1. The van der Waals surface area contributed by atoms with Gasteiger partial charge in [0.05, 0.1) is 30.1 Å². The van der Waals surface area contributed by atoms with E-state index in [1.54, 1.807) is 24.4 Å². The molecule has 1 aromatic carbocycles. The van der Waals surface area contributed by atoms with Crippen LogP contribution in [0.4, 0.5) is 30.5 Å². The van der Waals surface area contributed by atoms with Crippen LogP contribution in [-0.2, 0) is 0 Å². The summed E-state index contributed by atoms with van der Waals surface area (Å²) in [5.74, 6) is 0.400. The molecule has 0 spiro atoms. The van der Waals surface area contributed by atoms with Crippen molar-refractivity contribution in [2.45, 2.75) is 25.4 Å². The highest BCUT2D eigenvalue weighted by Crippen LogP contribution is 2.36. The second kappa shape index (κ2) is 11.0. The Kier molecular flexibility index (Phi) is 7.33. The summed E-state index contributed by atoms with van der Waals surface area (Å²) in [5, 5.41) is 16.5. The molecule has 5 rings (SSSR count). The van der Waals surface area contributed by atoms with Gasteiger partial charge in [-0.25, -0.2) is 19.0 Å². The molecule has 0 radical (unpaired) electrons. The van der Waals surface area contributed by atoms with Crippen molar-refractivity contribution in [3.8, 4) is 34.2 Å². The fourth-order valence-electron chi connectivity index (χ4n) is 4.65. The molecule has 39 heavy (non-hydrogen) atoms. The number of piperidine rings is 1. The molecule has 1 fully saturated rings. The number of hydrogen-bond donors (Lipinski definition) is 2. The van der Waals surface area contributed by atoms with E-state index in [0.29, 0.717) is 34.0 Å². The van der Waals surface area contributed by atoms with E-state index in [1.165, 1.54) is 37.7 Å². The third-order valence-corrected chi connectivity index (χ3v) is 6.50. The van der Waals surface area contributed by atoms with Crippen LogP contribution in [0.5, 0.6) is 5.75 Å². The van der Waals surface area contributed by atoms with Crippen LogP contribution < -0.4 is 20.7 Å². The van der Waals surface area contributed by atoms with Crippen molar-refractivity contribution in [1.82, 2.24) is 19.7 Å². The number of halogens is 3. The molecule has 1 aliphatic heterocycles. The van der Waals surface area contributed by atoms with Gasteiger partial charge >= 0.3 is 6.55 Å². The minimum absolute atomic E-state index is 0.0292. The van der Waals surface area contributed by atoms with Gasteiger partial charge in [-0.3, -0.25) is 0 Å². The fourth-order valence-corrected chi connectivity index (χ4v) is 4.65. The molecular weight excluding hydrogens is 509 g/mol. The molecule has 4 aromatic rings. The SMILES string of the molecule is COc1cccc(F)c1-c1nc(Nc2cc(N3CCC[C@H](N)C3)c(-c3cnn(C(F)F)c3)cn2)ccc1C#N. The van der Waals surface area contributed by atoms with Crippen LogP contribution in [0.15, 0.2) is 55.0 Å². The lowest BCUT2D eigenvalue weighted by Crippen LogP contribution is -2.43. The van der Waals surface area contributed by atoms with Gasteiger partial charge in [-0.15, -0.1) is 0 Å². The van der Waals surface area contributed by atoms with E-state index in [2.05, 4.69) is 25.3 Å². The Morgan fingerprint density at radius 2 is 2.05 bits per heavy atom. The first kappa shape index (κ1) is 26.0. The van der Waals surface area contributed by atoms with Crippen LogP contribution in [0.25, 0.3) is 22.4 Å². The molecule has 3 aromatic heterocycles. The molecule has 1 atom stereocenters. The van der Waals surface area contributed by atoms with Crippen molar-refractivity contribution in [3.05, 3.63) is 66.4 Å². The Morgan fingerprint density at radius 3 is 2.77 bits per heavy atom. The van der Waals surface area contributed by atoms with Crippen molar-refractivity contribution in [1.29, 1.82) is 5.26 Å². The largest absolute Gasteiger partial charge is 0.496 e. The quantitative estimate of drug-likeness (QED) is 0.337. The number of alkyl halides is 2. The smallest absolute Gasteiger partial charge is 0.333 e. The number of nitriles is 1. The molecule has 1 saturated heterocycles. The van der Waals surface area contributed by atoms with E-state index >= 15 is 0 Å². The summed E-state index contributed by atoms with van der Waals surface area (Å²) in [6.45, 7) is -1.44. The summed E-state index contributed by atoms with van der Waals surface area (Å²) in [7, 11) is 1.41. The molecule has 4 heterocycles. The van der Waals surface area contributed by atoms with E-state index in [1.807, 2.05) is 6.07 Å². The van der Waals surface area contributed by atoms with Crippen molar-refractivity contribution >= 4 is 17.3 Å². The predicted octanol–water partition coefficient (Wildman–Crippen LogP) is 5.09. The van der Waals surface area contributed by atoms with Gasteiger partial charge < -0.3 is 20.7 Å². The number of pyridine rings is 2. The summed E-state index contributed by atoms with van der Waals surface area (Å²) in [6, 6.07) is 11.3. The molecule has 0 aliphatic carbocycles. The molecule has 0 amide bonds. The van der Waals surface area contributed by atoms with E-state index in [4.69, 9.17) is 10.5 Å². The Balaban J connectivity index is 1.54. The number of aromatic nitrogens is 4. The number of nitrogens with zero attached hydrogens (tertiary/aromatic N) is 6. The van der Waals surface area contributed by atoms with Crippen LogP contribution in [0.1, 0.15) is 25.0 Å². The molecule has 200 valence electrons. The fraction of sp³-hybridized carbons (Fsp3) is 0.259. The molecule has 1 aliphatic rings. The normalized spacial score (nSPS) is 15.3. The van der Waals surface area contributed by atoms with Crippen molar-refractivity contribution in [2.75, 3.05) is 30.4 Å². The van der Waals surface area contributed by atoms with Crippen molar-refractivity contribution in [3.63, 3.8) is 0 Å². The first-order chi connectivity index (χ1) is 18.9. The number of nitrogens with one attached hydrogen (secondary N) is 1. The van der Waals surface area contributed by atoms with Crippen molar-refractivity contribution < 1.29 is 17.9 Å². The van der Waals surface area contributed by atoms with Crippen LogP contribution in [0, 0.1) is 17.1 Å². The van der Waals surface area contributed by atoms with Gasteiger partial charge in [-0.1, -0.05) is 6.07 Å².